The molecule has 0 aromatic rings. The first kappa shape index (κ1) is 15.9. The van der Waals surface area contributed by atoms with Gasteiger partial charge in [-0.1, -0.05) is 0 Å². The predicted molar refractivity (Wildman–Crippen MR) is 69.3 cm³/mol. The SMILES string of the molecule is COCCNC(=O)CC(=O)N(C)C1CCS(=O)(=O)C1. The molecule has 0 radical (unpaired) electrons. The minimum Gasteiger partial charge on any atom is -0.383 e. The lowest BCUT2D eigenvalue weighted by molar-refractivity contribution is -0.136. The maximum Gasteiger partial charge on any atom is 0.232 e. The summed E-state index contributed by atoms with van der Waals surface area (Å²) in [5.41, 5.74) is 0. The van der Waals surface area contributed by atoms with Crippen LogP contribution in [0.4, 0.5) is 0 Å². The molecule has 1 rings (SSSR count). The van der Waals surface area contributed by atoms with E-state index in [0.29, 0.717) is 19.6 Å². The van der Waals surface area contributed by atoms with E-state index in [1.807, 2.05) is 0 Å². The van der Waals surface area contributed by atoms with Crippen LogP contribution in [-0.2, 0) is 24.2 Å². The number of carbonyl (C=O) groups is 2. The van der Waals surface area contributed by atoms with Gasteiger partial charge in [-0.05, 0) is 6.42 Å². The number of nitrogens with zero attached hydrogens (tertiary/aromatic N) is 1. The van der Waals surface area contributed by atoms with E-state index in [4.69, 9.17) is 4.74 Å². The molecule has 0 saturated carbocycles. The van der Waals surface area contributed by atoms with Crippen LogP contribution in [0.1, 0.15) is 12.8 Å². The summed E-state index contributed by atoms with van der Waals surface area (Å²) >= 11 is 0. The number of amides is 2. The standard InChI is InChI=1S/C11H20N2O5S/c1-13(9-3-6-19(16,17)8-9)11(15)7-10(14)12-4-5-18-2/h9H,3-8H2,1-2H3,(H,12,14). The van der Waals surface area contributed by atoms with Crippen molar-refractivity contribution in [3.8, 4) is 0 Å². The largest absolute Gasteiger partial charge is 0.383 e. The number of rotatable bonds is 6. The van der Waals surface area contributed by atoms with E-state index in [0.717, 1.165) is 0 Å². The van der Waals surface area contributed by atoms with Gasteiger partial charge in [-0.2, -0.15) is 0 Å². The maximum absolute atomic E-state index is 11.8. The highest BCUT2D eigenvalue weighted by Crippen LogP contribution is 2.16. The molecule has 1 aliphatic heterocycles. The quantitative estimate of drug-likeness (QED) is 0.489. The van der Waals surface area contributed by atoms with Crippen molar-refractivity contribution in [3.63, 3.8) is 0 Å². The summed E-state index contributed by atoms with van der Waals surface area (Å²) in [6.07, 6.45) is 0.173. The second-order valence-corrected chi connectivity index (χ2v) is 6.81. The first-order valence-corrected chi connectivity index (χ1v) is 7.89. The van der Waals surface area contributed by atoms with Crippen molar-refractivity contribution in [1.82, 2.24) is 10.2 Å². The molecule has 7 nitrogen and oxygen atoms in total. The molecular formula is C11H20N2O5S. The summed E-state index contributed by atoms with van der Waals surface area (Å²) < 4.78 is 27.4. The third-order valence-electron chi connectivity index (χ3n) is 3.09. The van der Waals surface area contributed by atoms with Crippen LogP contribution in [0.2, 0.25) is 0 Å². The van der Waals surface area contributed by atoms with Crippen LogP contribution in [0.25, 0.3) is 0 Å². The Balaban J connectivity index is 2.39. The number of hydrogen-bond acceptors (Lipinski definition) is 5. The third-order valence-corrected chi connectivity index (χ3v) is 4.84. The van der Waals surface area contributed by atoms with Gasteiger partial charge in [0.15, 0.2) is 9.84 Å². The van der Waals surface area contributed by atoms with E-state index < -0.39 is 9.84 Å². The van der Waals surface area contributed by atoms with E-state index in [1.165, 1.54) is 19.1 Å². The highest BCUT2D eigenvalue weighted by Gasteiger charge is 2.33. The van der Waals surface area contributed by atoms with Gasteiger partial charge in [0.25, 0.3) is 0 Å². The Bertz CT molecular complexity index is 434. The Morgan fingerprint density at radius 1 is 1.42 bits per heavy atom. The van der Waals surface area contributed by atoms with Crippen LogP contribution >= 0.6 is 0 Å². The molecule has 1 unspecified atom stereocenters. The van der Waals surface area contributed by atoms with Crippen LogP contribution in [0.15, 0.2) is 0 Å². The van der Waals surface area contributed by atoms with E-state index in [9.17, 15) is 18.0 Å². The number of sulfone groups is 1. The average molecular weight is 292 g/mol. The monoisotopic (exact) mass is 292 g/mol. The molecule has 0 aromatic heterocycles. The normalized spacial score (nSPS) is 21.1. The van der Waals surface area contributed by atoms with Crippen molar-refractivity contribution in [1.29, 1.82) is 0 Å². The molecule has 1 fully saturated rings. The molecule has 1 atom stereocenters. The van der Waals surface area contributed by atoms with Crippen LogP contribution in [-0.4, -0.2) is 70.0 Å². The van der Waals surface area contributed by atoms with E-state index in [2.05, 4.69) is 5.32 Å². The van der Waals surface area contributed by atoms with Crippen molar-refractivity contribution in [2.75, 3.05) is 38.8 Å². The van der Waals surface area contributed by atoms with Crippen molar-refractivity contribution in [2.45, 2.75) is 18.9 Å². The van der Waals surface area contributed by atoms with Gasteiger partial charge in [-0.3, -0.25) is 9.59 Å². The topological polar surface area (TPSA) is 92.8 Å². The number of carbonyl (C=O) groups excluding carboxylic acids is 2. The van der Waals surface area contributed by atoms with Crippen LogP contribution in [0, 0.1) is 0 Å². The van der Waals surface area contributed by atoms with Crippen molar-refractivity contribution < 1.29 is 22.7 Å². The zero-order valence-corrected chi connectivity index (χ0v) is 12.0. The van der Waals surface area contributed by atoms with E-state index in [1.54, 1.807) is 0 Å². The molecule has 1 saturated heterocycles. The van der Waals surface area contributed by atoms with Gasteiger partial charge in [0.05, 0.1) is 18.1 Å². The fraction of sp³-hybridized carbons (Fsp3) is 0.818. The Morgan fingerprint density at radius 2 is 2.11 bits per heavy atom. The second-order valence-electron chi connectivity index (χ2n) is 4.58. The molecule has 2 amide bonds. The summed E-state index contributed by atoms with van der Waals surface area (Å²) in [6.45, 7) is 0.737. The second kappa shape index (κ2) is 6.85. The third kappa shape index (κ3) is 5.15. The van der Waals surface area contributed by atoms with E-state index >= 15 is 0 Å². The minimum absolute atomic E-state index is 0.0134. The highest BCUT2D eigenvalue weighted by atomic mass is 32.2. The molecule has 0 aliphatic carbocycles. The fourth-order valence-electron chi connectivity index (χ4n) is 1.90. The van der Waals surface area contributed by atoms with Crippen LogP contribution in [0.5, 0.6) is 0 Å². The number of methoxy groups -OCH3 is 1. The minimum atomic E-state index is -3.03. The van der Waals surface area contributed by atoms with Gasteiger partial charge < -0.3 is 15.0 Å². The van der Waals surface area contributed by atoms with E-state index in [-0.39, 0.29) is 35.8 Å². The first-order valence-electron chi connectivity index (χ1n) is 6.07. The summed E-state index contributed by atoms with van der Waals surface area (Å²) in [5.74, 6) is -0.651. The van der Waals surface area contributed by atoms with Crippen molar-refractivity contribution in [2.24, 2.45) is 0 Å². The van der Waals surface area contributed by atoms with Gasteiger partial charge >= 0.3 is 0 Å². The maximum atomic E-state index is 11.8. The Kier molecular flexibility index (Phi) is 5.74. The zero-order chi connectivity index (χ0) is 14.5. The summed E-state index contributed by atoms with van der Waals surface area (Å²) in [7, 11) is 0.0264. The lowest BCUT2D eigenvalue weighted by Crippen LogP contribution is -2.40. The lowest BCUT2D eigenvalue weighted by Gasteiger charge is -2.23. The predicted octanol–water partition coefficient (Wildman–Crippen LogP) is -1.22. The van der Waals surface area contributed by atoms with Gasteiger partial charge in [0, 0.05) is 26.7 Å². The number of ether oxygens (including phenoxy) is 1. The molecule has 19 heavy (non-hydrogen) atoms. The smallest absolute Gasteiger partial charge is 0.232 e. The van der Waals surface area contributed by atoms with Crippen molar-refractivity contribution in [3.05, 3.63) is 0 Å². The van der Waals surface area contributed by atoms with Gasteiger partial charge in [0.2, 0.25) is 11.8 Å². The molecule has 0 spiro atoms. The molecular weight excluding hydrogens is 272 g/mol. The molecule has 8 heteroatoms. The molecule has 0 bridgehead atoms. The Labute approximate surface area is 113 Å². The molecule has 1 N–H and O–H groups in total. The summed E-state index contributed by atoms with van der Waals surface area (Å²) in [4.78, 5) is 24.6. The number of hydrogen-bond donors (Lipinski definition) is 1. The van der Waals surface area contributed by atoms with Crippen LogP contribution in [0.3, 0.4) is 0 Å². The lowest BCUT2D eigenvalue weighted by atomic mass is 10.2. The molecule has 1 heterocycles. The van der Waals surface area contributed by atoms with Gasteiger partial charge in [0.1, 0.15) is 6.42 Å². The van der Waals surface area contributed by atoms with Gasteiger partial charge in [-0.15, -0.1) is 0 Å². The zero-order valence-electron chi connectivity index (χ0n) is 11.2. The fourth-order valence-corrected chi connectivity index (χ4v) is 3.68. The summed E-state index contributed by atoms with van der Waals surface area (Å²) in [5, 5.41) is 2.55. The Hall–Kier alpha value is -1.15. The van der Waals surface area contributed by atoms with Gasteiger partial charge in [-0.25, -0.2) is 8.42 Å². The average Bonchev–Trinajstić information content (AvgIpc) is 2.69. The summed E-state index contributed by atoms with van der Waals surface area (Å²) in [6, 6.07) is -0.315. The highest BCUT2D eigenvalue weighted by molar-refractivity contribution is 7.91. The van der Waals surface area contributed by atoms with Crippen LogP contribution < -0.4 is 5.32 Å². The Morgan fingerprint density at radius 3 is 2.63 bits per heavy atom. The molecule has 110 valence electrons. The first-order chi connectivity index (χ1) is 8.85. The molecule has 1 aliphatic rings. The molecule has 0 aromatic carbocycles. The van der Waals surface area contributed by atoms with Crippen molar-refractivity contribution >= 4 is 21.7 Å². The number of nitrogens with one attached hydrogen (secondary N) is 1.